The smallest absolute Gasteiger partial charge is 0.227 e. The molecule has 1 aliphatic rings. The van der Waals surface area contributed by atoms with Crippen molar-refractivity contribution in [2.24, 2.45) is 5.92 Å². The van der Waals surface area contributed by atoms with E-state index < -0.39 is 0 Å². The summed E-state index contributed by atoms with van der Waals surface area (Å²) in [5.74, 6) is -0.164. The van der Waals surface area contributed by atoms with Crippen molar-refractivity contribution in [2.45, 2.75) is 32.1 Å². The van der Waals surface area contributed by atoms with E-state index >= 15 is 0 Å². The average Bonchev–Trinajstić information content (AvgIpc) is 3.62. The topological polar surface area (TPSA) is 112 Å². The van der Waals surface area contributed by atoms with Crippen molar-refractivity contribution in [3.63, 3.8) is 0 Å². The molecular weight excluding hydrogens is 505 g/mol. The molecular formula is C31H26FN7O. The van der Waals surface area contributed by atoms with Gasteiger partial charge in [-0.25, -0.2) is 14.4 Å². The lowest BCUT2D eigenvalue weighted by Crippen LogP contribution is -2.24. The summed E-state index contributed by atoms with van der Waals surface area (Å²) in [7, 11) is 0. The zero-order valence-electron chi connectivity index (χ0n) is 21.6. The molecule has 1 aliphatic carbocycles. The van der Waals surface area contributed by atoms with Gasteiger partial charge in [-0.05, 0) is 48.7 Å². The maximum absolute atomic E-state index is 14.6. The lowest BCUT2D eigenvalue weighted by Gasteiger charge is -2.20. The summed E-state index contributed by atoms with van der Waals surface area (Å²) >= 11 is 0. The van der Waals surface area contributed by atoms with E-state index in [0.29, 0.717) is 28.2 Å². The van der Waals surface area contributed by atoms with Gasteiger partial charge in [0.05, 0.1) is 17.6 Å². The third-order valence-electron chi connectivity index (χ3n) is 7.68. The standard InChI is InChI=1S/C31H26FN7O/c32-26-9-5-4-8-23(26)22-10-11-34-29-24(22)14-27(37-29)28-25-13-20(16-35-30(25)39-38-28)19-12-21(17-33-15-19)36-31(40)18-6-2-1-3-7-18/h4-5,8-18H,1-3,6-7H2,(H,34,37)(H,36,40)(H,35,38,39). The molecule has 5 heterocycles. The molecule has 40 heavy (non-hydrogen) atoms. The Labute approximate surface area is 229 Å². The van der Waals surface area contributed by atoms with Crippen LogP contribution in [0.25, 0.3) is 55.7 Å². The maximum atomic E-state index is 14.6. The van der Waals surface area contributed by atoms with Gasteiger partial charge in [0.1, 0.15) is 17.2 Å². The Bertz CT molecular complexity index is 1870. The van der Waals surface area contributed by atoms with Crippen LogP contribution < -0.4 is 5.32 Å². The van der Waals surface area contributed by atoms with Crippen LogP contribution in [-0.4, -0.2) is 36.0 Å². The second-order valence-electron chi connectivity index (χ2n) is 10.3. The van der Waals surface area contributed by atoms with Crippen LogP contribution in [0.15, 0.2) is 73.3 Å². The minimum absolute atomic E-state index is 0.0616. The van der Waals surface area contributed by atoms with Gasteiger partial charge in [-0.2, -0.15) is 5.10 Å². The first-order valence-electron chi connectivity index (χ1n) is 13.5. The van der Waals surface area contributed by atoms with Gasteiger partial charge in [0.2, 0.25) is 5.91 Å². The summed E-state index contributed by atoms with van der Waals surface area (Å²) in [6, 6.07) is 14.4. The van der Waals surface area contributed by atoms with Gasteiger partial charge in [-0.3, -0.25) is 14.9 Å². The van der Waals surface area contributed by atoms with Crippen molar-refractivity contribution in [1.82, 2.24) is 30.1 Å². The molecule has 198 valence electrons. The number of hydrogen-bond acceptors (Lipinski definition) is 5. The van der Waals surface area contributed by atoms with Gasteiger partial charge in [0.25, 0.3) is 0 Å². The molecule has 0 radical (unpaired) electrons. The van der Waals surface area contributed by atoms with Crippen molar-refractivity contribution >= 4 is 33.7 Å². The number of nitrogens with zero attached hydrogens (tertiary/aromatic N) is 4. The summed E-state index contributed by atoms with van der Waals surface area (Å²) < 4.78 is 14.6. The first-order valence-corrected chi connectivity index (χ1v) is 13.5. The summed E-state index contributed by atoms with van der Waals surface area (Å²) in [5.41, 5.74) is 6.31. The van der Waals surface area contributed by atoms with Gasteiger partial charge in [-0.15, -0.1) is 0 Å². The van der Waals surface area contributed by atoms with E-state index in [1.54, 1.807) is 36.9 Å². The van der Waals surface area contributed by atoms with E-state index in [1.807, 2.05) is 30.3 Å². The van der Waals surface area contributed by atoms with Crippen molar-refractivity contribution in [3.05, 3.63) is 79.1 Å². The third-order valence-corrected chi connectivity index (χ3v) is 7.68. The number of rotatable bonds is 5. The predicted molar refractivity (Wildman–Crippen MR) is 153 cm³/mol. The molecule has 1 aromatic carbocycles. The van der Waals surface area contributed by atoms with E-state index in [2.05, 4.69) is 35.5 Å². The number of anilines is 1. The molecule has 0 unspecified atom stereocenters. The Balaban J connectivity index is 1.23. The van der Waals surface area contributed by atoms with Crippen LogP contribution in [-0.2, 0) is 4.79 Å². The van der Waals surface area contributed by atoms with Crippen molar-refractivity contribution in [1.29, 1.82) is 0 Å². The van der Waals surface area contributed by atoms with Crippen molar-refractivity contribution < 1.29 is 9.18 Å². The van der Waals surface area contributed by atoms with Crippen LogP contribution >= 0.6 is 0 Å². The normalized spacial score (nSPS) is 14.1. The largest absolute Gasteiger partial charge is 0.338 e. The minimum Gasteiger partial charge on any atom is -0.338 e. The van der Waals surface area contributed by atoms with Crippen LogP contribution in [0, 0.1) is 11.7 Å². The first kappa shape index (κ1) is 24.1. The number of halogens is 1. The van der Waals surface area contributed by atoms with Crippen LogP contribution in [0.1, 0.15) is 32.1 Å². The van der Waals surface area contributed by atoms with Gasteiger partial charge < -0.3 is 10.3 Å². The Morgan fingerprint density at radius 3 is 2.60 bits per heavy atom. The fraction of sp³-hybridized carbons (Fsp3) is 0.194. The average molecular weight is 532 g/mol. The highest BCUT2D eigenvalue weighted by molar-refractivity contribution is 6.00. The lowest BCUT2D eigenvalue weighted by molar-refractivity contribution is -0.120. The molecule has 0 bridgehead atoms. The van der Waals surface area contributed by atoms with Crippen LogP contribution in [0.3, 0.4) is 0 Å². The predicted octanol–water partition coefficient (Wildman–Crippen LogP) is 6.89. The highest BCUT2D eigenvalue weighted by Gasteiger charge is 2.21. The molecule has 9 heteroatoms. The molecule has 5 aromatic heterocycles. The highest BCUT2D eigenvalue weighted by atomic mass is 19.1. The number of hydrogen-bond donors (Lipinski definition) is 3. The first-order chi connectivity index (χ1) is 19.6. The van der Waals surface area contributed by atoms with Crippen molar-refractivity contribution in [2.75, 3.05) is 5.32 Å². The van der Waals surface area contributed by atoms with Crippen molar-refractivity contribution in [3.8, 4) is 33.6 Å². The third kappa shape index (κ3) is 4.39. The number of amides is 1. The van der Waals surface area contributed by atoms with E-state index in [1.165, 1.54) is 12.5 Å². The molecule has 1 saturated carbocycles. The SMILES string of the molecule is O=C(Nc1cncc(-c2cnc3[nH]nc(-c4cc5c(-c6ccccc6F)ccnc5[nH]4)c3c2)c1)C1CCCCC1. The Morgan fingerprint density at radius 2 is 1.73 bits per heavy atom. The highest BCUT2D eigenvalue weighted by Crippen LogP contribution is 2.35. The summed E-state index contributed by atoms with van der Waals surface area (Å²) in [6.45, 7) is 0. The zero-order chi connectivity index (χ0) is 27.1. The molecule has 3 N–H and O–H groups in total. The van der Waals surface area contributed by atoms with E-state index in [9.17, 15) is 9.18 Å². The second-order valence-corrected chi connectivity index (χ2v) is 10.3. The van der Waals surface area contributed by atoms with Crippen LogP contribution in [0.5, 0.6) is 0 Å². The maximum Gasteiger partial charge on any atom is 0.227 e. The second kappa shape index (κ2) is 10.00. The number of H-pyrrole nitrogens is 2. The number of aromatic amines is 2. The van der Waals surface area contributed by atoms with E-state index in [4.69, 9.17) is 0 Å². The number of aromatic nitrogens is 6. The summed E-state index contributed by atoms with van der Waals surface area (Å²) in [4.78, 5) is 29.5. The summed E-state index contributed by atoms with van der Waals surface area (Å²) in [5, 5.41) is 12.2. The van der Waals surface area contributed by atoms with Gasteiger partial charge in [0.15, 0.2) is 5.65 Å². The number of pyridine rings is 3. The molecule has 1 amide bonds. The van der Waals surface area contributed by atoms with Gasteiger partial charge in [-0.1, -0.05) is 37.5 Å². The number of carbonyl (C=O) groups excluding carboxylic acids is 1. The molecule has 6 aromatic rings. The Hall–Kier alpha value is -4.92. The fourth-order valence-corrected chi connectivity index (χ4v) is 5.61. The minimum atomic E-state index is -0.289. The molecule has 7 rings (SSSR count). The fourth-order valence-electron chi connectivity index (χ4n) is 5.61. The lowest BCUT2D eigenvalue weighted by atomic mass is 9.88. The molecule has 8 nitrogen and oxygen atoms in total. The zero-order valence-corrected chi connectivity index (χ0v) is 21.6. The molecule has 0 spiro atoms. The molecule has 1 fully saturated rings. The van der Waals surface area contributed by atoms with Gasteiger partial charge in [0, 0.05) is 52.0 Å². The Kier molecular flexibility index (Phi) is 6.03. The van der Waals surface area contributed by atoms with Crippen LogP contribution in [0.4, 0.5) is 10.1 Å². The molecule has 0 saturated heterocycles. The van der Waals surface area contributed by atoms with Gasteiger partial charge >= 0.3 is 0 Å². The monoisotopic (exact) mass is 531 g/mol. The molecule has 0 atom stereocenters. The summed E-state index contributed by atoms with van der Waals surface area (Å²) in [6.07, 6.45) is 12.1. The quantitative estimate of drug-likeness (QED) is 0.224. The number of benzene rings is 1. The number of carbonyl (C=O) groups is 1. The number of fused-ring (bicyclic) bond motifs is 2. The molecule has 0 aliphatic heterocycles. The Morgan fingerprint density at radius 1 is 0.875 bits per heavy atom. The van der Waals surface area contributed by atoms with Crippen LogP contribution in [0.2, 0.25) is 0 Å². The number of nitrogens with one attached hydrogen (secondary N) is 3. The van der Waals surface area contributed by atoms with E-state index in [0.717, 1.165) is 58.8 Å². The van der Waals surface area contributed by atoms with E-state index in [-0.39, 0.29) is 17.6 Å².